The summed E-state index contributed by atoms with van der Waals surface area (Å²) in [6, 6.07) is 3.18. The third kappa shape index (κ3) is 3.62. The van der Waals surface area contributed by atoms with E-state index in [1.165, 1.54) is 15.6 Å². The lowest BCUT2D eigenvalue weighted by Gasteiger charge is -2.25. The van der Waals surface area contributed by atoms with Gasteiger partial charge in [-0.25, -0.2) is 13.5 Å². The highest BCUT2D eigenvalue weighted by Gasteiger charge is 2.26. The highest BCUT2D eigenvalue weighted by Crippen LogP contribution is 2.22. The van der Waals surface area contributed by atoms with Crippen molar-refractivity contribution in [1.82, 2.24) is 14.7 Å². The molecule has 0 atom stereocenters. The largest absolute Gasteiger partial charge is 0.389 e. The molecule has 0 saturated heterocycles. The number of rotatable bonds is 4. The average molecular weight is 337 g/mol. The van der Waals surface area contributed by atoms with Crippen LogP contribution in [-0.4, -0.2) is 44.9 Å². The predicted octanol–water partition coefficient (Wildman–Crippen LogP) is 2.61. The second-order valence-corrected chi connectivity index (χ2v) is 6.53. The Balaban J connectivity index is 2.44. The molecular weight excluding hydrogens is 316 g/mol. The molecule has 130 valence electrons. The summed E-state index contributed by atoms with van der Waals surface area (Å²) in [5.41, 5.74) is 0.256. The SMILES string of the molecule is Cc1nn(-c2ccc(F)cc2F)c(C)c1C(=O)N(C)CC(C)(C)O. The molecule has 0 unspecified atom stereocenters. The Morgan fingerprint density at radius 2 is 1.96 bits per heavy atom. The van der Waals surface area contributed by atoms with Crippen LogP contribution in [0.25, 0.3) is 5.69 Å². The van der Waals surface area contributed by atoms with Crippen LogP contribution in [0.15, 0.2) is 18.2 Å². The minimum atomic E-state index is -1.04. The first kappa shape index (κ1) is 18.1. The van der Waals surface area contributed by atoms with Gasteiger partial charge in [0.1, 0.15) is 11.5 Å². The number of hydrogen-bond acceptors (Lipinski definition) is 3. The van der Waals surface area contributed by atoms with E-state index < -0.39 is 17.2 Å². The third-order valence-corrected chi connectivity index (χ3v) is 3.61. The zero-order valence-electron chi connectivity index (χ0n) is 14.4. The first-order valence-corrected chi connectivity index (χ1v) is 7.51. The van der Waals surface area contributed by atoms with Gasteiger partial charge in [-0.3, -0.25) is 4.79 Å². The lowest BCUT2D eigenvalue weighted by Crippen LogP contribution is -2.40. The lowest BCUT2D eigenvalue weighted by atomic mass is 10.1. The van der Waals surface area contributed by atoms with E-state index in [9.17, 15) is 18.7 Å². The van der Waals surface area contributed by atoms with Crippen LogP contribution in [0.1, 0.15) is 35.6 Å². The molecule has 1 amide bonds. The third-order valence-electron chi connectivity index (χ3n) is 3.61. The number of aliphatic hydroxyl groups is 1. The van der Waals surface area contributed by atoms with Crippen LogP contribution in [0.2, 0.25) is 0 Å². The quantitative estimate of drug-likeness (QED) is 0.933. The molecule has 2 rings (SSSR count). The van der Waals surface area contributed by atoms with E-state index in [0.717, 1.165) is 12.1 Å². The Morgan fingerprint density at radius 3 is 2.50 bits per heavy atom. The van der Waals surface area contributed by atoms with Crippen LogP contribution < -0.4 is 0 Å². The minimum Gasteiger partial charge on any atom is -0.389 e. The fraction of sp³-hybridized carbons (Fsp3) is 0.412. The summed E-state index contributed by atoms with van der Waals surface area (Å²) in [5, 5.41) is 14.1. The summed E-state index contributed by atoms with van der Waals surface area (Å²) in [4.78, 5) is 14.0. The predicted molar refractivity (Wildman–Crippen MR) is 86.2 cm³/mol. The van der Waals surface area contributed by atoms with Gasteiger partial charge in [0.2, 0.25) is 0 Å². The van der Waals surface area contributed by atoms with Crippen molar-refractivity contribution in [2.75, 3.05) is 13.6 Å². The van der Waals surface area contributed by atoms with Crippen molar-refractivity contribution < 1.29 is 18.7 Å². The summed E-state index contributed by atoms with van der Waals surface area (Å²) < 4.78 is 28.4. The van der Waals surface area contributed by atoms with Crippen LogP contribution in [0.5, 0.6) is 0 Å². The zero-order valence-corrected chi connectivity index (χ0v) is 14.4. The highest BCUT2D eigenvalue weighted by molar-refractivity contribution is 5.96. The van der Waals surface area contributed by atoms with Gasteiger partial charge in [0, 0.05) is 19.7 Å². The number of carbonyl (C=O) groups is 1. The van der Waals surface area contributed by atoms with E-state index in [1.54, 1.807) is 34.7 Å². The molecule has 7 heteroatoms. The second-order valence-electron chi connectivity index (χ2n) is 6.53. The molecule has 1 aromatic carbocycles. The first-order valence-electron chi connectivity index (χ1n) is 7.51. The van der Waals surface area contributed by atoms with Gasteiger partial charge in [0.15, 0.2) is 5.82 Å². The van der Waals surface area contributed by atoms with Crippen LogP contribution >= 0.6 is 0 Å². The lowest BCUT2D eigenvalue weighted by molar-refractivity contribution is 0.0367. The number of halogens is 2. The van der Waals surface area contributed by atoms with E-state index >= 15 is 0 Å². The number of nitrogens with zero attached hydrogens (tertiary/aromatic N) is 3. The van der Waals surface area contributed by atoms with Crippen molar-refractivity contribution in [3.8, 4) is 5.69 Å². The number of amides is 1. The average Bonchev–Trinajstić information content (AvgIpc) is 2.71. The molecule has 0 radical (unpaired) electrons. The van der Waals surface area contributed by atoms with Crippen molar-refractivity contribution in [3.05, 3.63) is 46.8 Å². The highest BCUT2D eigenvalue weighted by atomic mass is 19.1. The maximum atomic E-state index is 14.0. The van der Waals surface area contributed by atoms with Crippen LogP contribution in [0.3, 0.4) is 0 Å². The standard InChI is InChI=1S/C17H21F2N3O2/c1-10-15(16(23)21(5)9-17(3,4)24)11(2)22(20-10)14-7-6-12(18)8-13(14)19/h6-8,24H,9H2,1-5H3. The normalized spacial score (nSPS) is 11.7. The van der Waals surface area contributed by atoms with Crippen molar-refractivity contribution in [2.45, 2.75) is 33.3 Å². The van der Waals surface area contributed by atoms with Crippen LogP contribution in [-0.2, 0) is 0 Å². The van der Waals surface area contributed by atoms with Crippen LogP contribution in [0.4, 0.5) is 8.78 Å². The molecular formula is C17H21F2N3O2. The van der Waals surface area contributed by atoms with E-state index in [1.807, 2.05) is 0 Å². The van der Waals surface area contributed by atoms with Gasteiger partial charge in [-0.05, 0) is 39.8 Å². The summed E-state index contributed by atoms with van der Waals surface area (Å²) >= 11 is 0. The number of carbonyl (C=O) groups excluding carboxylic acids is 1. The smallest absolute Gasteiger partial charge is 0.257 e. The van der Waals surface area contributed by atoms with E-state index in [4.69, 9.17) is 0 Å². The van der Waals surface area contributed by atoms with Gasteiger partial charge in [0.05, 0.1) is 22.6 Å². The number of hydrogen-bond donors (Lipinski definition) is 1. The van der Waals surface area contributed by atoms with Crippen LogP contribution in [0, 0.1) is 25.5 Å². The van der Waals surface area contributed by atoms with E-state index in [-0.39, 0.29) is 18.1 Å². The Morgan fingerprint density at radius 1 is 1.33 bits per heavy atom. The van der Waals surface area contributed by atoms with Crippen molar-refractivity contribution in [3.63, 3.8) is 0 Å². The molecule has 1 heterocycles. The summed E-state index contributed by atoms with van der Waals surface area (Å²) in [6.07, 6.45) is 0. The molecule has 1 N–H and O–H groups in total. The monoisotopic (exact) mass is 337 g/mol. The Labute approximate surface area is 139 Å². The van der Waals surface area contributed by atoms with Gasteiger partial charge in [-0.1, -0.05) is 0 Å². The molecule has 1 aromatic heterocycles. The number of aromatic nitrogens is 2. The number of benzene rings is 1. The Bertz CT molecular complexity index is 779. The fourth-order valence-corrected chi connectivity index (χ4v) is 2.68. The maximum Gasteiger partial charge on any atom is 0.257 e. The van der Waals surface area contributed by atoms with Gasteiger partial charge in [-0.15, -0.1) is 0 Å². The Hall–Kier alpha value is -2.28. The zero-order chi connectivity index (χ0) is 18.2. The summed E-state index contributed by atoms with van der Waals surface area (Å²) in [5.74, 6) is -1.76. The first-order chi connectivity index (χ1) is 11.0. The van der Waals surface area contributed by atoms with E-state index in [0.29, 0.717) is 17.0 Å². The van der Waals surface area contributed by atoms with Crippen molar-refractivity contribution >= 4 is 5.91 Å². The van der Waals surface area contributed by atoms with E-state index in [2.05, 4.69) is 5.10 Å². The van der Waals surface area contributed by atoms with Gasteiger partial charge in [0.25, 0.3) is 5.91 Å². The Kier molecular flexibility index (Phi) is 4.75. The molecule has 5 nitrogen and oxygen atoms in total. The van der Waals surface area contributed by atoms with Gasteiger partial charge < -0.3 is 10.0 Å². The van der Waals surface area contributed by atoms with Crippen molar-refractivity contribution in [2.24, 2.45) is 0 Å². The molecule has 0 bridgehead atoms. The van der Waals surface area contributed by atoms with Gasteiger partial charge >= 0.3 is 0 Å². The summed E-state index contributed by atoms with van der Waals surface area (Å²) in [6.45, 7) is 6.65. The van der Waals surface area contributed by atoms with Gasteiger partial charge in [-0.2, -0.15) is 5.10 Å². The summed E-state index contributed by atoms with van der Waals surface area (Å²) in [7, 11) is 1.58. The molecule has 0 aliphatic carbocycles. The molecule has 0 aliphatic rings. The topological polar surface area (TPSA) is 58.4 Å². The molecule has 2 aromatic rings. The second kappa shape index (κ2) is 6.32. The van der Waals surface area contributed by atoms with Crippen molar-refractivity contribution in [1.29, 1.82) is 0 Å². The maximum absolute atomic E-state index is 14.0. The molecule has 0 spiro atoms. The molecule has 0 aliphatic heterocycles. The molecule has 24 heavy (non-hydrogen) atoms. The minimum absolute atomic E-state index is 0.0705. The fourth-order valence-electron chi connectivity index (χ4n) is 2.68. The number of likely N-dealkylation sites (N-methyl/N-ethyl adjacent to an activating group) is 1. The molecule has 0 fully saturated rings. The number of aryl methyl sites for hydroxylation is 1. The molecule has 0 saturated carbocycles.